The van der Waals surface area contributed by atoms with Crippen LogP contribution in [0.25, 0.3) is 0 Å². The number of oxime groups is 1. The molecule has 3 aromatic rings. The first kappa shape index (κ1) is 25.7. The van der Waals surface area contributed by atoms with Gasteiger partial charge in [-0.2, -0.15) is 0 Å². The first-order valence-electron chi connectivity index (χ1n) is 12.9. The smallest absolute Gasteiger partial charge is 0.306 e. The number of aryl methyl sites for hydroxylation is 3. The molecule has 1 unspecified atom stereocenters. The summed E-state index contributed by atoms with van der Waals surface area (Å²) in [5.41, 5.74) is 9.59. The third-order valence-electron chi connectivity index (χ3n) is 7.53. The van der Waals surface area contributed by atoms with Crippen LogP contribution < -0.4 is 0 Å². The van der Waals surface area contributed by atoms with Crippen LogP contribution >= 0.6 is 0 Å². The van der Waals surface area contributed by atoms with Gasteiger partial charge >= 0.3 is 5.97 Å². The fourth-order valence-electron chi connectivity index (χ4n) is 5.01. The Labute approximate surface area is 215 Å². The zero-order chi connectivity index (χ0) is 25.7. The van der Waals surface area contributed by atoms with Crippen molar-refractivity contribution in [3.8, 4) is 0 Å². The summed E-state index contributed by atoms with van der Waals surface area (Å²) >= 11 is 0. The minimum atomic E-state index is -0.660. The zero-order valence-corrected chi connectivity index (χ0v) is 21.8. The van der Waals surface area contributed by atoms with Crippen molar-refractivity contribution in [2.45, 2.75) is 59.3 Å². The molecule has 1 atom stereocenters. The number of benzene rings is 3. The lowest BCUT2D eigenvalue weighted by molar-refractivity contribution is -0.146. The number of carbonyl (C=O) groups is 1. The molecule has 1 fully saturated rings. The zero-order valence-electron chi connectivity index (χ0n) is 21.8. The summed E-state index contributed by atoms with van der Waals surface area (Å²) in [5.74, 6) is -0.125. The largest absolute Gasteiger partial charge is 0.481 e. The first-order valence-corrected chi connectivity index (χ1v) is 12.9. The van der Waals surface area contributed by atoms with Gasteiger partial charge in [-0.25, -0.2) is 0 Å². The summed E-state index contributed by atoms with van der Waals surface area (Å²) in [6.45, 7) is 8.92. The lowest BCUT2D eigenvalue weighted by Crippen LogP contribution is -2.31. The van der Waals surface area contributed by atoms with Gasteiger partial charge in [0.2, 0.25) is 0 Å². The predicted octanol–water partition coefficient (Wildman–Crippen LogP) is 7.03. The Bertz CT molecular complexity index is 1220. The minimum Gasteiger partial charge on any atom is -0.481 e. The van der Waals surface area contributed by atoms with Gasteiger partial charge in [0.25, 0.3) is 0 Å². The SMILES string of the molecule is C/C(=N\OCC(Cc1ccc(C)c(C)c1)c1cccc(C)c1)c1ccc(CC2CC(C(=O)O)C2)cc1. The number of hydrogen-bond donors (Lipinski definition) is 1. The average Bonchev–Trinajstić information content (AvgIpc) is 2.82. The van der Waals surface area contributed by atoms with E-state index in [4.69, 9.17) is 9.94 Å². The molecule has 36 heavy (non-hydrogen) atoms. The molecule has 0 aliphatic heterocycles. The average molecular weight is 484 g/mol. The van der Waals surface area contributed by atoms with Gasteiger partial charge in [0, 0.05) is 5.92 Å². The molecule has 0 radical (unpaired) electrons. The second kappa shape index (κ2) is 11.6. The Morgan fingerprint density at radius 1 is 0.972 bits per heavy atom. The van der Waals surface area contributed by atoms with Gasteiger partial charge in [0.15, 0.2) is 0 Å². The fraction of sp³-hybridized carbons (Fsp3) is 0.375. The van der Waals surface area contributed by atoms with E-state index < -0.39 is 5.97 Å². The van der Waals surface area contributed by atoms with Crippen LogP contribution in [0.1, 0.15) is 64.6 Å². The van der Waals surface area contributed by atoms with E-state index >= 15 is 0 Å². The molecule has 1 saturated carbocycles. The lowest BCUT2D eigenvalue weighted by atomic mass is 9.72. The number of hydrogen-bond acceptors (Lipinski definition) is 3. The van der Waals surface area contributed by atoms with E-state index in [1.165, 1.54) is 33.4 Å². The summed E-state index contributed by atoms with van der Waals surface area (Å²) in [6, 6.07) is 23.7. The highest BCUT2D eigenvalue weighted by Gasteiger charge is 2.34. The van der Waals surface area contributed by atoms with Crippen LogP contribution in [0.15, 0.2) is 71.9 Å². The lowest BCUT2D eigenvalue weighted by Gasteiger charge is -2.32. The van der Waals surface area contributed by atoms with Crippen molar-refractivity contribution < 1.29 is 14.7 Å². The molecule has 0 bridgehead atoms. The normalized spacial score (nSPS) is 18.4. The van der Waals surface area contributed by atoms with Crippen LogP contribution in [-0.4, -0.2) is 23.4 Å². The monoisotopic (exact) mass is 483 g/mol. The second-order valence-electron chi connectivity index (χ2n) is 10.5. The second-order valence-corrected chi connectivity index (χ2v) is 10.5. The van der Waals surface area contributed by atoms with Gasteiger partial charge < -0.3 is 9.94 Å². The van der Waals surface area contributed by atoms with Gasteiger partial charge in [-0.15, -0.1) is 0 Å². The third-order valence-corrected chi connectivity index (χ3v) is 7.53. The topological polar surface area (TPSA) is 58.9 Å². The maximum atomic E-state index is 11.0. The van der Waals surface area contributed by atoms with Gasteiger partial charge in [-0.3, -0.25) is 4.79 Å². The van der Waals surface area contributed by atoms with Crippen LogP contribution in [0.4, 0.5) is 0 Å². The number of rotatable bonds is 10. The highest BCUT2D eigenvalue weighted by Crippen LogP contribution is 2.36. The third kappa shape index (κ3) is 6.63. The van der Waals surface area contributed by atoms with Crippen molar-refractivity contribution in [2.24, 2.45) is 17.0 Å². The van der Waals surface area contributed by atoms with Crippen LogP contribution in [-0.2, 0) is 22.5 Å². The first-order chi connectivity index (χ1) is 17.3. The molecule has 1 aliphatic rings. The molecule has 0 saturated heterocycles. The van der Waals surface area contributed by atoms with E-state index in [2.05, 4.69) is 92.7 Å². The van der Waals surface area contributed by atoms with Crippen molar-refractivity contribution in [3.63, 3.8) is 0 Å². The summed E-state index contributed by atoms with van der Waals surface area (Å²) in [5, 5.41) is 13.5. The number of nitrogens with zero attached hydrogens (tertiary/aromatic N) is 1. The van der Waals surface area contributed by atoms with Crippen molar-refractivity contribution in [2.75, 3.05) is 6.61 Å². The van der Waals surface area contributed by atoms with Crippen molar-refractivity contribution in [1.29, 1.82) is 0 Å². The van der Waals surface area contributed by atoms with Gasteiger partial charge in [-0.1, -0.05) is 77.4 Å². The molecule has 0 amide bonds. The Balaban J connectivity index is 1.38. The summed E-state index contributed by atoms with van der Waals surface area (Å²) < 4.78 is 0. The highest BCUT2D eigenvalue weighted by molar-refractivity contribution is 5.98. The maximum absolute atomic E-state index is 11.0. The van der Waals surface area contributed by atoms with Crippen molar-refractivity contribution in [3.05, 3.63) is 106 Å². The number of carboxylic acid groups (broad SMARTS) is 1. The molecule has 4 nitrogen and oxygen atoms in total. The van der Waals surface area contributed by atoms with E-state index in [9.17, 15) is 4.79 Å². The van der Waals surface area contributed by atoms with Gasteiger partial charge in [0.1, 0.15) is 6.61 Å². The predicted molar refractivity (Wildman–Crippen MR) is 146 cm³/mol. The van der Waals surface area contributed by atoms with Crippen molar-refractivity contribution in [1.82, 2.24) is 0 Å². The van der Waals surface area contributed by atoms with E-state index in [1.807, 2.05) is 6.92 Å². The molecule has 4 rings (SSSR count). The Morgan fingerprint density at radius 2 is 1.69 bits per heavy atom. The quantitative estimate of drug-likeness (QED) is 0.249. The Kier molecular flexibility index (Phi) is 8.25. The van der Waals surface area contributed by atoms with E-state index in [-0.39, 0.29) is 11.8 Å². The number of carboxylic acids is 1. The molecule has 188 valence electrons. The van der Waals surface area contributed by atoms with Crippen LogP contribution in [0, 0.1) is 32.6 Å². The molecule has 0 spiro atoms. The van der Waals surface area contributed by atoms with E-state index in [1.54, 1.807) is 0 Å². The minimum absolute atomic E-state index is 0.153. The van der Waals surface area contributed by atoms with Crippen LogP contribution in [0.5, 0.6) is 0 Å². The fourth-order valence-corrected chi connectivity index (χ4v) is 5.01. The Hall–Kier alpha value is -3.40. The molecular formula is C32H37NO3. The summed E-state index contributed by atoms with van der Waals surface area (Å²) in [7, 11) is 0. The summed E-state index contributed by atoms with van der Waals surface area (Å²) in [4.78, 5) is 16.9. The molecule has 0 heterocycles. The van der Waals surface area contributed by atoms with Crippen molar-refractivity contribution >= 4 is 11.7 Å². The molecule has 0 aromatic heterocycles. The summed E-state index contributed by atoms with van der Waals surface area (Å²) in [6.07, 6.45) is 3.41. The van der Waals surface area contributed by atoms with Gasteiger partial charge in [0.05, 0.1) is 11.6 Å². The van der Waals surface area contributed by atoms with Crippen LogP contribution in [0.2, 0.25) is 0 Å². The molecule has 1 N–H and O–H groups in total. The van der Waals surface area contributed by atoms with E-state index in [0.29, 0.717) is 12.5 Å². The Morgan fingerprint density at radius 3 is 2.36 bits per heavy atom. The molecule has 3 aromatic carbocycles. The maximum Gasteiger partial charge on any atom is 0.306 e. The number of aliphatic carboxylic acids is 1. The molecule has 1 aliphatic carbocycles. The molecule has 4 heteroatoms. The van der Waals surface area contributed by atoms with Crippen LogP contribution in [0.3, 0.4) is 0 Å². The van der Waals surface area contributed by atoms with E-state index in [0.717, 1.165) is 37.0 Å². The molecular weight excluding hydrogens is 446 g/mol. The van der Waals surface area contributed by atoms with Gasteiger partial charge in [-0.05, 0) is 92.7 Å². The highest BCUT2D eigenvalue weighted by atomic mass is 16.6. The standard InChI is InChI=1S/C32H37NO3/c1-21-6-5-7-29(14-21)31(17-26-9-8-22(2)23(3)15-26)20-36-33-24(4)28-12-10-25(11-13-28)16-27-18-30(19-27)32(34)35/h5-15,27,30-31H,16-20H2,1-4H3,(H,34,35)/b33-24+.